The number of thiophene rings is 1. The number of hydrogen-bond donors (Lipinski definition) is 1. The molecule has 1 amide bonds. The molecule has 3 aromatic rings. The van der Waals surface area contributed by atoms with Crippen LogP contribution in [0.5, 0.6) is 5.75 Å². The topological polar surface area (TPSA) is 41.6 Å². The van der Waals surface area contributed by atoms with Crippen LogP contribution in [0.3, 0.4) is 0 Å². The number of amides is 1. The molecule has 0 aliphatic carbocycles. The van der Waals surface area contributed by atoms with Crippen LogP contribution in [-0.4, -0.2) is 38.1 Å². The molecule has 0 atom stereocenters. The summed E-state index contributed by atoms with van der Waals surface area (Å²) in [4.78, 5) is 15.4. The van der Waals surface area contributed by atoms with E-state index in [0.717, 1.165) is 33.9 Å². The summed E-state index contributed by atoms with van der Waals surface area (Å²) in [5.41, 5.74) is 3.08. The summed E-state index contributed by atoms with van der Waals surface area (Å²) in [5.74, 6) is 0.798. The number of rotatable bonds is 8. The zero-order valence-electron chi connectivity index (χ0n) is 15.6. The van der Waals surface area contributed by atoms with Crippen LogP contribution < -0.4 is 10.1 Å². The van der Waals surface area contributed by atoms with Gasteiger partial charge in [-0.3, -0.25) is 4.79 Å². The van der Waals surface area contributed by atoms with Crippen LogP contribution in [0.2, 0.25) is 0 Å². The average molecular weight is 381 g/mol. The van der Waals surface area contributed by atoms with Crippen molar-refractivity contribution in [3.05, 3.63) is 76.5 Å². The van der Waals surface area contributed by atoms with Crippen molar-refractivity contribution in [3.8, 4) is 16.9 Å². The van der Waals surface area contributed by atoms with E-state index in [0.29, 0.717) is 13.2 Å². The van der Waals surface area contributed by atoms with Gasteiger partial charge in [-0.2, -0.15) is 0 Å². The lowest BCUT2D eigenvalue weighted by Gasteiger charge is -2.11. The van der Waals surface area contributed by atoms with E-state index in [2.05, 4.69) is 10.2 Å². The number of ether oxygens (including phenoxy) is 1. The van der Waals surface area contributed by atoms with Gasteiger partial charge in [0.2, 0.25) is 0 Å². The molecule has 0 saturated carbocycles. The predicted octanol–water partition coefficient (Wildman–Crippen LogP) is 4.29. The number of carbonyl (C=O) groups is 1. The maximum atomic E-state index is 12.6. The highest BCUT2D eigenvalue weighted by molar-refractivity contribution is 7.12. The first kappa shape index (κ1) is 19.1. The van der Waals surface area contributed by atoms with E-state index in [1.165, 1.54) is 11.3 Å². The van der Waals surface area contributed by atoms with E-state index < -0.39 is 0 Å². The number of benzene rings is 2. The lowest BCUT2D eigenvalue weighted by Crippen LogP contribution is -2.22. The minimum atomic E-state index is -0.0461. The van der Waals surface area contributed by atoms with Crippen molar-refractivity contribution >= 4 is 17.2 Å². The minimum Gasteiger partial charge on any atom is -0.492 e. The van der Waals surface area contributed by atoms with Gasteiger partial charge in [-0.25, -0.2) is 0 Å². The highest BCUT2D eigenvalue weighted by Gasteiger charge is 2.14. The quantitative estimate of drug-likeness (QED) is 0.634. The Balaban J connectivity index is 1.56. The van der Waals surface area contributed by atoms with Gasteiger partial charge in [0.1, 0.15) is 12.4 Å². The van der Waals surface area contributed by atoms with E-state index in [-0.39, 0.29) is 5.91 Å². The van der Waals surface area contributed by atoms with Crippen molar-refractivity contribution in [2.45, 2.75) is 6.54 Å². The Hall–Kier alpha value is -2.63. The van der Waals surface area contributed by atoms with Crippen molar-refractivity contribution in [2.75, 3.05) is 27.2 Å². The summed E-state index contributed by atoms with van der Waals surface area (Å²) < 4.78 is 5.69. The van der Waals surface area contributed by atoms with Gasteiger partial charge < -0.3 is 15.0 Å². The number of likely N-dealkylation sites (N-methyl/N-ethyl adjacent to an activating group) is 1. The van der Waals surface area contributed by atoms with Crippen LogP contribution in [0.4, 0.5) is 0 Å². The molecule has 1 heterocycles. The van der Waals surface area contributed by atoms with Gasteiger partial charge in [-0.15, -0.1) is 11.3 Å². The SMILES string of the molecule is CN(C)CCOc1ccc(CNC(=O)c2sccc2-c2ccccc2)cc1. The molecule has 2 aromatic carbocycles. The maximum Gasteiger partial charge on any atom is 0.262 e. The smallest absolute Gasteiger partial charge is 0.262 e. The molecular formula is C22H24N2O2S. The second-order valence-electron chi connectivity index (χ2n) is 6.51. The van der Waals surface area contributed by atoms with Crippen LogP contribution in [0.15, 0.2) is 66.0 Å². The Morgan fingerprint density at radius 3 is 2.48 bits per heavy atom. The molecule has 4 nitrogen and oxygen atoms in total. The lowest BCUT2D eigenvalue weighted by molar-refractivity contribution is 0.0955. The van der Waals surface area contributed by atoms with Crippen molar-refractivity contribution in [1.82, 2.24) is 10.2 Å². The summed E-state index contributed by atoms with van der Waals surface area (Å²) >= 11 is 1.47. The molecule has 0 aliphatic rings. The first-order valence-electron chi connectivity index (χ1n) is 8.91. The van der Waals surface area contributed by atoms with Gasteiger partial charge in [0.25, 0.3) is 5.91 Å². The van der Waals surface area contributed by atoms with E-state index >= 15 is 0 Å². The van der Waals surface area contributed by atoms with Gasteiger partial charge in [0.15, 0.2) is 0 Å². The third-order valence-corrected chi connectivity index (χ3v) is 5.05. The van der Waals surface area contributed by atoms with Gasteiger partial charge in [-0.1, -0.05) is 42.5 Å². The van der Waals surface area contributed by atoms with Crippen molar-refractivity contribution < 1.29 is 9.53 Å². The van der Waals surface area contributed by atoms with Gasteiger partial charge in [0, 0.05) is 18.7 Å². The maximum absolute atomic E-state index is 12.6. The van der Waals surface area contributed by atoms with Crippen LogP contribution in [-0.2, 0) is 6.54 Å². The molecule has 0 spiro atoms. The standard InChI is InChI=1S/C22H24N2O2S/c1-24(2)13-14-26-19-10-8-17(9-11-19)16-23-22(25)21-20(12-15-27-21)18-6-4-3-5-7-18/h3-12,15H,13-14,16H2,1-2H3,(H,23,25). The summed E-state index contributed by atoms with van der Waals surface area (Å²) in [5, 5.41) is 4.97. The Kier molecular flexibility index (Phi) is 6.63. The average Bonchev–Trinajstić information content (AvgIpc) is 3.17. The van der Waals surface area contributed by atoms with Crippen LogP contribution in [0.25, 0.3) is 11.1 Å². The van der Waals surface area contributed by atoms with E-state index in [4.69, 9.17) is 4.74 Å². The Morgan fingerprint density at radius 2 is 1.78 bits per heavy atom. The Morgan fingerprint density at radius 1 is 1.04 bits per heavy atom. The molecule has 1 aromatic heterocycles. The summed E-state index contributed by atoms with van der Waals surface area (Å²) in [7, 11) is 4.04. The number of nitrogens with one attached hydrogen (secondary N) is 1. The third-order valence-electron chi connectivity index (χ3n) is 4.14. The summed E-state index contributed by atoms with van der Waals surface area (Å²) in [6, 6.07) is 19.8. The summed E-state index contributed by atoms with van der Waals surface area (Å²) in [6.45, 7) is 2.02. The molecule has 3 rings (SSSR count). The first-order valence-corrected chi connectivity index (χ1v) is 9.79. The largest absolute Gasteiger partial charge is 0.492 e. The number of hydrogen-bond acceptors (Lipinski definition) is 4. The monoisotopic (exact) mass is 380 g/mol. The number of carbonyl (C=O) groups excluding carboxylic acids is 1. The fourth-order valence-corrected chi connectivity index (χ4v) is 3.47. The molecule has 27 heavy (non-hydrogen) atoms. The second-order valence-corrected chi connectivity index (χ2v) is 7.42. The highest BCUT2D eigenvalue weighted by Crippen LogP contribution is 2.28. The lowest BCUT2D eigenvalue weighted by atomic mass is 10.1. The molecule has 0 saturated heterocycles. The fourth-order valence-electron chi connectivity index (χ4n) is 2.64. The van der Waals surface area contributed by atoms with Crippen molar-refractivity contribution in [3.63, 3.8) is 0 Å². The predicted molar refractivity (Wildman–Crippen MR) is 111 cm³/mol. The zero-order valence-corrected chi connectivity index (χ0v) is 16.5. The third kappa shape index (κ3) is 5.42. The molecule has 0 unspecified atom stereocenters. The molecule has 5 heteroatoms. The Labute approximate surface area is 164 Å². The molecule has 0 radical (unpaired) electrons. The molecular weight excluding hydrogens is 356 g/mol. The second kappa shape index (κ2) is 9.35. The van der Waals surface area contributed by atoms with Crippen LogP contribution in [0.1, 0.15) is 15.2 Å². The minimum absolute atomic E-state index is 0.0461. The molecule has 1 N–H and O–H groups in total. The highest BCUT2D eigenvalue weighted by atomic mass is 32.1. The van der Waals surface area contributed by atoms with Gasteiger partial charge in [-0.05, 0) is 48.8 Å². The summed E-state index contributed by atoms with van der Waals surface area (Å²) in [6.07, 6.45) is 0. The normalized spacial score (nSPS) is 10.8. The van der Waals surface area contributed by atoms with E-state index in [1.807, 2.05) is 80.1 Å². The van der Waals surface area contributed by atoms with Gasteiger partial charge in [0.05, 0.1) is 4.88 Å². The molecule has 140 valence electrons. The number of nitrogens with zero attached hydrogens (tertiary/aromatic N) is 1. The van der Waals surface area contributed by atoms with Crippen LogP contribution >= 0.6 is 11.3 Å². The van der Waals surface area contributed by atoms with Gasteiger partial charge >= 0.3 is 0 Å². The van der Waals surface area contributed by atoms with Crippen molar-refractivity contribution in [2.24, 2.45) is 0 Å². The van der Waals surface area contributed by atoms with E-state index in [9.17, 15) is 4.79 Å². The Bertz CT molecular complexity index is 858. The van der Waals surface area contributed by atoms with Crippen LogP contribution in [0, 0.1) is 0 Å². The zero-order chi connectivity index (χ0) is 19.1. The van der Waals surface area contributed by atoms with E-state index in [1.54, 1.807) is 0 Å². The molecule has 0 aliphatic heterocycles. The van der Waals surface area contributed by atoms with Crippen molar-refractivity contribution in [1.29, 1.82) is 0 Å². The first-order chi connectivity index (χ1) is 13.1. The molecule has 0 fully saturated rings. The fraction of sp³-hybridized carbons (Fsp3) is 0.227. The molecule has 0 bridgehead atoms.